The summed E-state index contributed by atoms with van der Waals surface area (Å²) in [5.74, 6) is 2.44. The minimum absolute atomic E-state index is 0.0245. The summed E-state index contributed by atoms with van der Waals surface area (Å²) in [7, 11) is 1.56. The topological polar surface area (TPSA) is 77.8 Å². The average Bonchev–Trinajstić information content (AvgIpc) is 2.61. The van der Waals surface area contributed by atoms with Gasteiger partial charge in [0.25, 0.3) is 11.5 Å². The van der Waals surface area contributed by atoms with Crippen molar-refractivity contribution in [2.24, 2.45) is 0 Å². The maximum atomic E-state index is 13.0. The Bertz CT molecular complexity index is 908. The van der Waals surface area contributed by atoms with Crippen molar-refractivity contribution in [1.82, 2.24) is 0 Å². The number of Topliss-reactive ketones (excluding diaryl/α,β-unsaturated/α-hetero) is 1. The van der Waals surface area contributed by atoms with Gasteiger partial charge in [-0.1, -0.05) is 0 Å². The Morgan fingerprint density at radius 3 is 2.28 bits per heavy atom. The molecule has 124 valence electrons. The molecule has 0 atom stereocenters. The van der Waals surface area contributed by atoms with Crippen LogP contribution in [-0.4, -0.2) is 18.8 Å². The van der Waals surface area contributed by atoms with Crippen molar-refractivity contribution in [3.05, 3.63) is 71.1 Å². The molecule has 0 amide bonds. The Morgan fingerprint density at radius 1 is 1.20 bits per heavy atom. The highest BCUT2D eigenvalue weighted by Crippen LogP contribution is 2.16. The summed E-state index contributed by atoms with van der Waals surface area (Å²) in [4.78, 5) is 13.0. The maximum Gasteiger partial charge on any atom is 0.261 e. The van der Waals surface area contributed by atoms with Gasteiger partial charge in [-0.05, 0) is 50.0 Å². The van der Waals surface area contributed by atoms with Crippen LogP contribution < -0.4 is 9.30 Å². The number of hydrogen-bond donors (Lipinski definition) is 1. The van der Waals surface area contributed by atoms with Gasteiger partial charge in [-0.15, -0.1) is 0 Å². The van der Waals surface area contributed by atoms with Crippen molar-refractivity contribution < 1.29 is 14.1 Å². The van der Waals surface area contributed by atoms with Crippen molar-refractivity contribution >= 4 is 17.4 Å². The van der Waals surface area contributed by atoms with Crippen molar-refractivity contribution in [1.29, 1.82) is 10.7 Å². The summed E-state index contributed by atoms with van der Waals surface area (Å²) in [6.45, 7) is 3.85. The minimum Gasteiger partial charge on any atom is -0.497 e. The van der Waals surface area contributed by atoms with Crippen LogP contribution in [0.25, 0.3) is 5.70 Å². The Labute approximate surface area is 146 Å². The van der Waals surface area contributed by atoms with Crippen LogP contribution >= 0.6 is 0 Å². The molecule has 5 heteroatoms. The number of hydrogen-bond acceptors (Lipinski definition) is 4. The normalized spacial score (nSPS) is 10.6. The third kappa shape index (κ3) is 4.29. The second-order valence-electron chi connectivity index (χ2n) is 5.54. The minimum atomic E-state index is -0.263. The number of methoxy groups -OCH3 is 1. The SMILES string of the molecule is COc1ccc(C(=O)C(=CC(=C=N)C#N)[n+]2cc(C)cc(C)c2)cc1. The molecular weight excluding hydrogens is 314 g/mol. The molecule has 0 unspecified atom stereocenters. The lowest BCUT2D eigenvalue weighted by Gasteiger charge is -2.05. The highest BCUT2D eigenvalue weighted by molar-refractivity contribution is 6.22. The van der Waals surface area contributed by atoms with Gasteiger partial charge in [0, 0.05) is 22.8 Å². The van der Waals surface area contributed by atoms with Gasteiger partial charge in [0.1, 0.15) is 17.4 Å². The summed E-state index contributed by atoms with van der Waals surface area (Å²) >= 11 is 0. The molecule has 1 heterocycles. The van der Waals surface area contributed by atoms with E-state index in [4.69, 9.17) is 15.4 Å². The maximum absolute atomic E-state index is 13.0. The molecule has 0 aliphatic rings. The predicted octanol–water partition coefficient (Wildman–Crippen LogP) is 3.02. The smallest absolute Gasteiger partial charge is 0.261 e. The molecule has 5 nitrogen and oxygen atoms in total. The predicted molar refractivity (Wildman–Crippen MR) is 94.6 cm³/mol. The van der Waals surface area contributed by atoms with Crippen LogP contribution in [0, 0.1) is 30.6 Å². The van der Waals surface area contributed by atoms with Gasteiger partial charge in [0.15, 0.2) is 12.4 Å². The van der Waals surface area contributed by atoms with Crippen molar-refractivity contribution in [2.45, 2.75) is 13.8 Å². The highest BCUT2D eigenvalue weighted by Gasteiger charge is 2.23. The van der Waals surface area contributed by atoms with Gasteiger partial charge in [-0.2, -0.15) is 9.83 Å². The number of nitrogens with zero attached hydrogens (tertiary/aromatic N) is 2. The molecule has 2 rings (SSSR count). The van der Waals surface area contributed by atoms with E-state index >= 15 is 0 Å². The average molecular weight is 332 g/mol. The summed E-state index contributed by atoms with van der Waals surface area (Å²) in [5.41, 5.74) is 2.66. The van der Waals surface area contributed by atoms with E-state index in [1.165, 1.54) is 6.08 Å². The second kappa shape index (κ2) is 7.87. The molecule has 0 aliphatic heterocycles. The van der Waals surface area contributed by atoms with Gasteiger partial charge in [0.2, 0.25) is 0 Å². The third-order valence-electron chi connectivity index (χ3n) is 3.54. The van der Waals surface area contributed by atoms with Crippen molar-refractivity contribution in [3.63, 3.8) is 0 Å². The summed E-state index contributed by atoms with van der Waals surface area (Å²) in [6, 6.07) is 10.6. The zero-order valence-electron chi connectivity index (χ0n) is 14.3. The Morgan fingerprint density at radius 2 is 1.80 bits per heavy atom. The zero-order chi connectivity index (χ0) is 18.4. The first kappa shape index (κ1) is 17.9. The summed E-state index contributed by atoms with van der Waals surface area (Å²) in [6.07, 6.45) is 4.98. The van der Waals surface area contributed by atoms with Crippen molar-refractivity contribution in [3.8, 4) is 11.8 Å². The lowest BCUT2D eigenvalue weighted by atomic mass is 10.1. The standard InChI is InChI=1S/C20H18N3O2/c1-14-8-15(2)13-23(12-14)19(9-16(10-21)11-22)20(24)17-4-6-18(25-3)7-5-17/h4-9,12-13,21H,1-3H3/q+1. The fourth-order valence-electron chi connectivity index (χ4n) is 2.43. The van der Waals surface area contributed by atoms with Gasteiger partial charge >= 0.3 is 0 Å². The number of allylic oxidation sites excluding steroid dienone is 3. The number of ketones is 1. The first-order chi connectivity index (χ1) is 12.0. The zero-order valence-corrected chi connectivity index (χ0v) is 14.3. The molecule has 1 N–H and O–H groups in total. The van der Waals surface area contributed by atoms with Crippen LogP contribution in [0.3, 0.4) is 0 Å². The van der Waals surface area contributed by atoms with Gasteiger partial charge in [-0.25, -0.2) is 0 Å². The van der Waals surface area contributed by atoms with E-state index in [1.807, 2.05) is 31.9 Å². The molecule has 1 aromatic carbocycles. The number of benzene rings is 1. The number of aryl methyl sites for hydroxylation is 2. The quantitative estimate of drug-likeness (QED) is 0.228. The molecule has 0 fully saturated rings. The Hall–Kier alpha value is -3.48. The first-order valence-electron chi connectivity index (χ1n) is 7.58. The van der Waals surface area contributed by atoms with E-state index in [9.17, 15) is 4.79 Å². The summed E-state index contributed by atoms with van der Waals surface area (Å²) < 4.78 is 6.78. The number of nitriles is 1. The fraction of sp³-hybridized carbons (Fsp3) is 0.150. The van der Waals surface area contributed by atoms with E-state index in [2.05, 4.69) is 0 Å². The second-order valence-corrected chi connectivity index (χ2v) is 5.54. The molecule has 2 aromatic rings. The number of ether oxygens (including phenoxy) is 1. The summed E-state index contributed by atoms with van der Waals surface area (Å²) in [5, 5.41) is 16.3. The molecule has 0 saturated heterocycles. The van der Waals surface area contributed by atoms with Crippen LogP contribution in [0.2, 0.25) is 0 Å². The van der Waals surface area contributed by atoms with Gasteiger partial charge in [-0.3, -0.25) is 10.2 Å². The number of rotatable bonds is 5. The molecule has 25 heavy (non-hydrogen) atoms. The fourth-order valence-corrected chi connectivity index (χ4v) is 2.43. The molecule has 0 saturated carbocycles. The van der Waals surface area contributed by atoms with Crippen LogP contribution in [0.15, 0.2) is 54.4 Å². The number of carbonyl (C=O) groups excluding carboxylic acids is 1. The van der Waals surface area contributed by atoms with E-state index in [1.54, 1.807) is 48.3 Å². The third-order valence-corrected chi connectivity index (χ3v) is 3.54. The molecule has 0 spiro atoms. The first-order valence-corrected chi connectivity index (χ1v) is 7.58. The number of nitrogens with one attached hydrogen (secondary N) is 1. The highest BCUT2D eigenvalue weighted by atomic mass is 16.5. The Balaban J connectivity index is 2.60. The lowest BCUT2D eigenvalue weighted by molar-refractivity contribution is -0.577. The van der Waals surface area contributed by atoms with Crippen LogP contribution in [0.5, 0.6) is 5.75 Å². The molecule has 0 bridgehead atoms. The largest absolute Gasteiger partial charge is 0.497 e. The number of pyridine rings is 1. The van der Waals surface area contributed by atoms with E-state index < -0.39 is 0 Å². The van der Waals surface area contributed by atoms with Crippen LogP contribution in [0.1, 0.15) is 21.5 Å². The lowest BCUT2D eigenvalue weighted by Crippen LogP contribution is -2.36. The van der Waals surface area contributed by atoms with Gasteiger partial charge in [0.05, 0.1) is 7.11 Å². The van der Waals surface area contributed by atoms with Gasteiger partial charge < -0.3 is 4.74 Å². The monoisotopic (exact) mass is 332 g/mol. The molecule has 0 aliphatic carbocycles. The molecular formula is C20H18N3O2+. The van der Waals surface area contributed by atoms with E-state index in [0.717, 1.165) is 11.1 Å². The van der Waals surface area contributed by atoms with E-state index in [-0.39, 0.29) is 17.1 Å². The number of aromatic nitrogens is 1. The van der Waals surface area contributed by atoms with Crippen LogP contribution in [0.4, 0.5) is 0 Å². The van der Waals surface area contributed by atoms with Crippen LogP contribution in [-0.2, 0) is 0 Å². The van der Waals surface area contributed by atoms with Crippen molar-refractivity contribution in [2.75, 3.05) is 7.11 Å². The van der Waals surface area contributed by atoms with E-state index in [0.29, 0.717) is 11.3 Å². The molecule has 1 aromatic heterocycles. The number of carbonyl (C=O) groups is 1. The molecule has 0 radical (unpaired) electrons. The Kier molecular flexibility index (Phi) is 5.62.